The minimum absolute atomic E-state index is 0.223. The van der Waals surface area contributed by atoms with Gasteiger partial charge in [-0.2, -0.15) is 0 Å². The Balaban J connectivity index is 2.14. The summed E-state index contributed by atoms with van der Waals surface area (Å²) in [4.78, 5) is 2.32. The van der Waals surface area contributed by atoms with Crippen LogP contribution in [-0.4, -0.2) is 36.9 Å². The van der Waals surface area contributed by atoms with Crippen molar-refractivity contribution in [2.75, 3.05) is 24.6 Å². The SMILES string of the molecule is CC1CCN(c2ccccc2Cl)CC(CCO)N1. The minimum Gasteiger partial charge on any atom is -0.396 e. The van der Waals surface area contributed by atoms with E-state index in [9.17, 15) is 0 Å². The number of hydrogen-bond acceptors (Lipinski definition) is 3. The molecule has 1 aliphatic heterocycles. The highest BCUT2D eigenvalue weighted by molar-refractivity contribution is 6.33. The third-order valence-electron chi connectivity index (χ3n) is 3.46. The second-order valence-electron chi connectivity index (χ2n) is 4.96. The van der Waals surface area contributed by atoms with Gasteiger partial charge in [0.25, 0.3) is 0 Å². The largest absolute Gasteiger partial charge is 0.396 e. The van der Waals surface area contributed by atoms with E-state index >= 15 is 0 Å². The van der Waals surface area contributed by atoms with Crippen LogP contribution in [0.5, 0.6) is 0 Å². The van der Waals surface area contributed by atoms with Crippen molar-refractivity contribution >= 4 is 17.3 Å². The van der Waals surface area contributed by atoms with E-state index in [1.807, 2.05) is 18.2 Å². The highest BCUT2D eigenvalue weighted by Crippen LogP contribution is 2.26. The van der Waals surface area contributed by atoms with Crippen LogP contribution in [0.1, 0.15) is 19.8 Å². The average molecular weight is 269 g/mol. The second-order valence-corrected chi connectivity index (χ2v) is 5.37. The van der Waals surface area contributed by atoms with Crippen molar-refractivity contribution in [2.24, 2.45) is 0 Å². The summed E-state index contributed by atoms with van der Waals surface area (Å²) in [6, 6.07) is 8.77. The van der Waals surface area contributed by atoms with Gasteiger partial charge in [-0.1, -0.05) is 23.7 Å². The fourth-order valence-electron chi connectivity index (χ4n) is 2.50. The van der Waals surface area contributed by atoms with Gasteiger partial charge in [0.2, 0.25) is 0 Å². The monoisotopic (exact) mass is 268 g/mol. The van der Waals surface area contributed by atoms with E-state index in [2.05, 4.69) is 23.2 Å². The number of anilines is 1. The average Bonchev–Trinajstić information content (AvgIpc) is 2.52. The highest BCUT2D eigenvalue weighted by atomic mass is 35.5. The van der Waals surface area contributed by atoms with Crippen molar-refractivity contribution in [1.82, 2.24) is 5.32 Å². The molecule has 4 heteroatoms. The van der Waals surface area contributed by atoms with E-state index in [1.165, 1.54) is 0 Å². The molecule has 18 heavy (non-hydrogen) atoms. The van der Waals surface area contributed by atoms with Crippen LogP contribution in [0.4, 0.5) is 5.69 Å². The molecule has 1 fully saturated rings. The molecule has 0 bridgehead atoms. The number of para-hydroxylation sites is 1. The topological polar surface area (TPSA) is 35.5 Å². The highest BCUT2D eigenvalue weighted by Gasteiger charge is 2.22. The first-order valence-electron chi connectivity index (χ1n) is 6.57. The first kappa shape index (κ1) is 13.7. The summed E-state index contributed by atoms with van der Waals surface area (Å²) in [6.45, 7) is 4.32. The van der Waals surface area contributed by atoms with Crippen molar-refractivity contribution in [3.05, 3.63) is 29.3 Å². The Labute approximate surface area is 114 Å². The maximum absolute atomic E-state index is 9.12. The van der Waals surface area contributed by atoms with Gasteiger partial charge in [-0.15, -0.1) is 0 Å². The van der Waals surface area contributed by atoms with Crippen LogP contribution in [-0.2, 0) is 0 Å². The lowest BCUT2D eigenvalue weighted by Gasteiger charge is -2.27. The van der Waals surface area contributed by atoms with Crippen LogP contribution in [0.3, 0.4) is 0 Å². The summed E-state index contributed by atoms with van der Waals surface area (Å²) < 4.78 is 0. The summed E-state index contributed by atoms with van der Waals surface area (Å²) in [5, 5.41) is 13.5. The summed E-state index contributed by atoms with van der Waals surface area (Å²) in [6.07, 6.45) is 1.87. The van der Waals surface area contributed by atoms with Gasteiger partial charge in [-0.3, -0.25) is 0 Å². The molecule has 2 rings (SSSR count). The molecule has 2 atom stereocenters. The maximum Gasteiger partial charge on any atom is 0.0639 e. The van der Waals surface area contributed by atoms with Gasteiger partial charge in [0, 0.05) is 31.8 Å². The molecule has 1 heterocycles. The number of rotatable bonds is 3. The summed E-state index contributed by atoms with van der Waals surface area (Å²) in [5.74, 6) is 0. The molecule has 3 nitrogen and oxygen atoms in total. The number of hydrogen-bond donors (Lipinski definition) is 2. The fraction of sp³-hybridized carbons (Fsp3) is 0.571. The molecular weight excluding hydrogens is 248 g/mol. The number of nitrogens with zero attached hydrogens (tertiary/aromatic N) is 1. The smallest absolute Gasteiger partial charge is 0.0639 e. The Morgan fingerprint density at radius 3 is 2.94 bits per heavy atom. The van der Waals surface area contributed by atoms with Crippen molar-refractivity contribution in [2.45, 2.75) is 31.8 Å². The van der Waals surface area contributed by atoms with Gasteiger partial charge in [-0.05, 0) is 31.9 Å². The number of benzene rings is 1. The predicted molar refractivity (Wildman–Crippen MR) is 76.4 cm³/mol. The lowest BCUT2D eigenvalue weighted by molar-refractivity contribution is 0.263. The third kappa shape index (κ3) is 3.37. The molecule has 0 radical (unpaired) electrons. The Kier molecular flexibility index (Phi) is 4.87. The summed E-state index contributed by atoms with van der Waals surface area (Å²) in [5.41, 5.74) is 1.10. The van der Waals surface area contributed by atoms with Crippen molar-refractivity contribution < 1.29 is 5.11 Å². The molecular formula is C14H21ClN2O. The number of halogens is 1. The lowest BCUT2D eigenvalue weighted by atomic mass is 10.2. The molecule has 0 saturated carbocycles. The molecule has 1 aliphatic rings. The molecule has 1 saturated heterocycles. The van der Waals surface area contributed by atoms with Crippen molar-refractivity contribution in [3.8, 4) is 0 Å². The number of aliphatic hydroxyl groups is 1. The van der Waals surface area contributed by atoms with E-state index in [4.69, 9.17) is 16.7 Å². The van der Waals surface area contributed by atoms with E-state index in [1.54, 1.807) is 0 Å². The van der Waals surface area contributed by atoms with Crippen LogP contribution in [0.2, 0.25) is 5.02 Å². The predicted octanol–water partition coefficient (Wildman–Crippen LogP) is 2.28. The zero-order chi connectivity index (χ0) is 13.0. The van der Waals surface area contributed by atoms with E-state index in [0.29, 0.717) is 12.1 Å². The van der Waals surface area contributed by atoms with Crippen LogP contribution in [0, 0.1) is 0 Å². The first-order valence-corrected chi connectivity index (χ1v) is 6.95. The Morgan fingerprint density at radius 2 is 2.22 bits per heavy atom. The molecule has 0 aromatic heterocycles. The molecule has 1 aromatic carbocycles. The van der Waals surface area contributed by atoms with Gasteiger partial charge in [0.15, 0.2) is 0 Å². The van der Waals surface area contributed by atoms with E-state index < -0.39 is 0 Å². The van der Waals surface area contributed by atoms with Gasteiger partial charge in [0.05, 0.1) is 10.7 Å². The van der Waals surface area contributed by atoms with Gasteiger partial charge in [0.1, 0.15) is 0 Å². The maximum atomic E-state index is 9.12. The van der Waals surface area contributed by atoms with Gasteiger partial charge in [-0.25, -0.2) is 0 Å². The molecule has 0 aliphatic carbocycles. The fourth-order valence-corrected chi connectivity index (χ4v) is 2.76. The van der Waals surface area contributed by atoms with Gasteiger partial charge < -0.3 is 15.3 Å². The Hall–Kier alpha value is -0.770. The minimum atomic E-state index is 0.223. The van der Waals surface area contributed by atoms with E-state index in [-0.39, 0.29) is 6.61 Å². The van der Waals surface area contributed by atoms with Crippen molar-refractivity contribution in [1.29, 1.82) is 0 Å². The Bertz CT molecular complexity index is 386. The zero-order valence-electron chi connectivity index (χ0n) is 10.8. The van der Waals surface area contributed by atoms with Crippen LogP contribution in [0.25, 0.3) is 0 Å². The normalized spacial score (nSPS) is 24.9. The quantitative estimate of drug-likeness (QED) is 0.883. The number of aliphatic hydroxyl groups excluding tert-OH is 1. The lowest BCUT2D eigenvalue weighted by Crippen LogP contribution is -2.40. The number of nitrogens with one attached hydrogen (secondary N) is 1. The standard InChI is InChI=1S/C14H21ClN2O/c1-11-6-8-17(10-12(16-11)7-9-18)14-5-3-2-4-13(14)15/h2-5,11-12,16,18H,6-10H2,1H3. The van der Waals surface area contributed by atoms with Crippen LogP contribution >= 0.6 is 11.6 Å². The molecule has 1 aromatic rings. The van der Waals surface area contributed by atoms with E-state index in [0.717, 1.165) is 36.6 Å². The molecule has 100 valence electrons. The Morgan fingerprint density at radius 1 is 1.44 bits per heavy atom. The molecule has 2 N–H and O–H groups in total. The van der Waals surface area contributed by atoms with Crippen LogP contribution in [0.15, 0.2) is 24.3 Å². The summed E-state index contributed by atoms with van der Waals surface area (Å²) in [7, 11) is 0. The van der Waals surface area contributed by atoms with Crippen LogP contribution < -0.4 is 10.2 Å². The third-order valence-corrected chi connectivity index (χ3v) is 3.78. The second kappa shape index (κ2) is 6.41. The van der Waals surface area contributed by atoms with Crippen molar-refractivity contribution in [3.63, 3.8) is 0 Å². The summed E-state index contributed by atoms with van der Waals surface area (Å²) >= 11 is 6.26. The molecule has 0 amide bonds. The first-order chi connectivity index (χ1) is 8.70. The molecule has 2 unspecified atom stereocenters. The van der Waals surface area contributed by atoms with Gasteiger partial charge >= 0.3 is 0 Å². The zero-order valence-corrected chi connectivity index (χ0v) is 11.5. The molecule has 0 spiro atoms.